The Morgan fingerprint density at radius 1 is 1.04 bits per heavy atom. The van der Waals surface area contributed by atoms with Gasteiger partial charge in [0, 0.05) is 16.3 Å². The Morgan fingerprint density at radius 3 is 2.50 bits per heavy atom. The lowest BCUT2D eigenvalue weighted by Crippen LogP contribution is -2.16. The Bertz CT molecular complexity index is 881. The highest BCUT2D eigenvalue weighted by molar-refractivity contribution is 9.11. The number of phenolic OH excluding ortho intramolecular Hbond substituents is 1. The molecule has 0 radical (unpaired) electrons. The molecule has 0 spiro atoms. The van der Waals surface area contributed by atoms with Gasteiger partial charge in [0.25, 0.3) is 0 Å². The Hall–Kier alpha value is -2.19. The van der Waals surface area contributed by atoms with Gasteiger partial charge in [0.05, 0.1) is 21.5 Å². The summed E-state index contributed by atoms with van der Waals surface area (Å²) in [5, 5.41) is 15.3. The maximum Gasteiger partial charge on any atom is 0.233 e. The summed E-state index contributed by atoms with van der Waals surface area (Å²) in [6, 6.07) is 8.49. The molecule has 3 rings (SSSR count). The number of aromatic hydroxyl groups is 1. The number of amides is 2. The first kappa shape index (κ1) is 16.7. The number of carbonyl (C=O) groups excluding carboxylic acids is 2. The number of hydrogen-bond acceptors (Lipinski definition) is 4. The maximum atomic E-state index is 11.6. The molecule has 1 heterocycles. The van der Waals surface area contributed by atoms with Gasteiger partial charge in [-0.05, 0) is 46.3 Å². The first-order valence-electron chi connectivity index (χ1n) is 6.88. The summed E-state index contributed by atoms with van der Waals surface area (Å²) in [6.07, 6.45) is 1.30. The van der Waals surface area contributed by atoms with Crippen molar-refractivity contribution in [1.29, 1.82) is 0 Å². The van der Waals surface area contributed by atoms with Gasteiger partial charge in [0.2, 0.25) is 11.8 Å². The third-order valence-corrected chi connectivity index (χ3v) is 4.35. The average molecular weight is 453 g/mol. The lowest BCUT2D eigenvalue weighted by Gasteiger charge is -2.07. The monoisotopic (exact) mass is 451 g/mol. The van der Waals surface area contributed by atoms with Crippen molar-refractivity contribution in [2.75, 3.05) is 10.6 Å². The topological polar surface area (TPSA) is 90.8 Å². The molecule has 2 aromatic rings. The number of phenols is 1. The molecular weight excluding hydrogens is 442 g/mol. The zero-order valence-electron chi connectivity index (χ0n) is 12.1. The lowest BCUT2D eigenvalue weighted by atomic mass is 10.2. The Morgan fingerprint density at radius 2 is 1.75 bits per heavy atom. The highest BCUT2D eigenvalue weighted by atomic mass is 79.9. The van der Waals surface area contributed by atoms with Gasteiger partial charge in [-0.1, -0.05) is 15.9 Å². The molecule has 0 atom stereocenters. The van der Waals surface area contributed by atoms with E-state index in [9.17, 15) is 14.7 Å². The fourth-order valence-electron chi connectivity index (χ4n) is 2.19. The van der Waals surface area contributed by atoms with Crippen LogP contribution in [0.5, 0.6) is 5.75 Å². The molecule has 0 unspecified atom stereocenters. The molecule has 0 aromatic heterocycles. The van der Waals surface area contributed by atoms with E-state index in [1.54, 1.807) is 30.3 Å². The van der Waals surface area contributed by atoms with Crippen molar-refractivity contribution in [3.05, 3.63) is 44.8 Å². The van der Waals surface area contributed by atoms with Crippen LogP contribution in [-0.4, -0.2) is 23.1 Å². The van der Waals surface area contributed by atoms with E-state index in [1.807, 2.05) is 0 Å². The zero-order valence-corrected chi connectivity index (χ0v) is 15.3. The minimum Gasteiger partial charge on any atom is -0.506 e. The molecule has 2 amide bonds. The molecule has 1 aliphatic heterocycles. The summed E-state index contributed by atoms with van der Waals surface area (Å²) >= 11 is 6.62. The van der Waals surface area contributed by atoms with Crippen LogP contribution >= 0.6 is 31.9 Å². The number of anilines is 2. The normalized spacial score (nSPS) is 14.1. The summed E-state index contributed by atoms with van der Waals surface area (Å²) in [4.78, 5) is 27.4. The van der Waals surface area contributed by atoms with Crippen LogP contribution in [0.15, 0.2) is 44.3 Å². The summed E-state index contributed by atoms with van der Waals surface area (Å²) in [7, 11) is 0. The largest absolute Gasteiger partial charge is 0.506 e. The van der Waals surface area contributed by atoms with Crippen LogP contribution in [0.4, 0.5) is 17.1 Å². The van der Waals surface area contributed by atoms with Crippen molar-refractivity contribution in [2.24, 2.45) is 4.99 Å². The Labute approximate surface area is 154 Å². The Balaban J connectivity index is 1.92. The second-order valence-corrected chi connectivity index (χ2v) is 6.86. The summed E-state index contributed by atoms with van der Waals surface area (Å²) in [6.45, 7) is 0. The quantitative estimate of drug-likeness (QED) is 0.476. The number of benzene rings is 2. The second-order valence-electron chi connectivity index (χ2n) is 5.09. The van der Waals surface area contributed by atoms with Crippen molar-refractivity contribution in [3.63, 3.8) is 0 Å². The van der Waals surface area contributed by atoms with E-state index in [1.165, 1.54) is 6.21 Å². The fourth-order valence-corrected chi connectivity index (χ4v) is 3.45. The van der Waals surface area contributed by atoms with Gasteiger partial charge in [0.15, 0.2) is 0 Å². The van der Waals surface area contributed by atoms with Gasteiger partial charge in [-0.2, -0.15) is 0 Å². The summed E-state index contributed by atoms with van der Waals surface area (Å²) in [5.41, 5.74) is 2.11. The van der Waals surface area contributed by atoms with Crippen LogP contribution in [0.25, 0.3) is 0 Å². The van der Waals surface area contributed by atoms with Gasteiger partial charge in [0.1, 0.15) is 12.2 Å². The number of aliphatic imine (C=N–C) groups is 1. The second kappa shape index (κ2) is 6.74. The summed E-state index contributed by atoms with van der Waals surface area (Å²) in [5.74, 6) is -0.648. The van der Waals surface area contributed by atoms with Crippen LogP contribution in [0.1, 0.15) is 12.0 Å². The Kier molecular flexibility index (Phi) is 4.68. The first-order chi connectivity index (χ1) is 11.4. The standard InChI is InChI=1S/C16H11Br2N3O3/c17-9-3-8(16(24)11(18)4-9)7-19-10-1-2-12-13(5-10)21-15(23)6-14(22)20-12/h1-5,7,24H,6H2,(H,20,22)(H,21,23). The fraction of sp³-hybridized carbons (Fsp3) is 0.0625. The van der Waals surface area contributed by atoms with Crippen LogP contribution < -0.4 is 10.6 Å². The molecule has 6 nitrogen and oxygen atoms in total. The van der Waals surface area contributed by atoms with Crippen molar-refractivity contribution < 1.29 is 14.7 Å². The van der Waals surface area contributed by atoms with Gasteiger partial charge >= 0.3 is 0 Å². The molecule has 0 saturated heterocycles. The lowest BCUT2D eigenvalue weighted by molar-refractivity contribution is -0.123. The maximum absolute atomic E-state index is 11.6. The molecule has 0 saturated carbocycles. The SMILES string of the molecule is O=C1CC(=O)Nc2cc(N=Cc3cc(Br)cc(Br)c3O)ccc2N1. The van der Waals surface area contributed by atoms with E-state index in [0.717, 1.165) is 4.47 Å². The number of hydrogen-bond donors (Lipinski definition) is 3. The third kappa shape index (κ3) is 3.65. The number of nitrogens with zero attached hydrogens (tertiary/aromatic N) is 1. The van der Waals surface area contributed by atoms with Crippen molar-refractivity contribution >= 4 is 67.0 Å². The highest BCUT2D eigenvalue weighted by Gasteiger charge is 2.18. The van der Waals surface area contributed by atoms with Gasteiger partial charge < -0.3 is 15.7 Å². The van der Waals surface area contributed by atoms with E-state index in [4.69, 9.17) is 0 Å². The number of halogens is 2. The predicted octanol–water partition coefficient (Wildman–Crippen LogP) is 3.95. The van der Waals surface area contributed by atoms with E-state index in [-0.39, 0.29) is 24.0 Å². The van der Waals surface area contributed by atoms with E-state index < -0.39 is 0 Å². The van der Waals surface area contributed by atoms with Crippen molar-refractivity contribution in [1.82, 2.24) is 0 Å². The minimum absolute atomic E-state index is 0.0808. The van der Waals surface area contributed by atoms with Gasteiger partial charge in [-0.15, -0.1) is 0 Å². The molecular formula is C16H11Br2N3O3. The molecule has 0 fully saturated rings. The molecule has 3 N–H and O–H groups in total. The van der Waals surface area contributed by atoms with E-state index >= 15 is 0 Å². The van der Waals surface area contributed by atoms with Crippen LogP contribution in [-0.2, 0) is 9.59 Å². The van der Waals surface area contributed by atoms with Crippen molar-refractivity contribution in [2.45, 2.75) is 6.42 Å². The van der Waals surface area contributed by atoms with E-state index in [2.05, 4.69) is 47.5 Å². The average Bonchev–Trinajstić information content (AvgIpc) is 2.65. The number of carbonyl (C=O) groups is 2. The number of rotatable bonds is 2. The highest BCUT2D eigenvalue weighted by Crippen LogP contribution is 2.32. The van der Waals surface area contributed by atoms with Crippen LogP contribution in [0, 0.1) is 0 Å². The molecule has 122 valence electrons. The predicted molar refractivity (Wildman–Crippen MR) is 99.1 cm³/mol. The molecule has 8 heteroatoms. The molecule has 1 aliphatic rings. The molecule has 0 bridgehead atoms. The van der Waals surface area contributed by atoms with E-state index in [0.29, 0.717) is 27.1 Å². The number of nitrogens with one attached hydrogen (secondary N) is 2. The number of fused-ring (bicyclic) bond motifs is 1. The minimum atomic E-state index is -0.374. The first-order valence-corrected chi connectivity index (χ1v) is 8.47. The smallest absolute Gasteiger partial charge is 0.233 e. The van der Waals surface area contributed by atoms with Gasteiger partial charge in [-0.3, -0.25) is 14.6 Å². The van der Waals surface area contributed by atoms with Crippen molar-refractivity contribution in [3.8, 4) is 5.75 Å². The zero-order chi connectivity index (χ0) is 17.3. The molecule has 2 aromatic carbocycles. The van der Waals surface area contributed by atoms with Gasteiger partial charge in [-0.25, -0.2) is 0 Å². The van der Waals surface area contributed by atoms with Crippen LogP contribution in [0.2, 0.25) is 0 Å². The molecule has 24 heavy (non-hydrogen) atoms. The third-order valence-electron chi connectivity index (χ3n) is 3.28. The molecule has 0 aliphatic carbocycles. The summed E-state index contributed by atoms with van der Waals surface area (Å²) < 4.78 is 1.35. The van der Waals surface area contributed by atoms with Crippen LogP contribution in [0.3, 0.4) is 0 Å².